The number of fused-ring (bicyclic) bond motifs is 1. The number of para-hydroxylation sites is 1. The Morgan fingerprint density at radius 1 is 1.18 bits per heavy atom. The van der Waals surface area contributed by atoms with Gasteiger partial charge in [0, 0.05) is 37.6 Å². The first kappa shape index (κ1) is 23.2. The molecule has 0 spiro atoms. The molecule has 0 amide bonds. The highest BCUT2D eigenvalue weighted by atomic mass is 127. The van der Waals surface area contributed by atoms with E-state index in [2.05, 4.69) is 54.5 Å². The monoisotopic (exact) mass is 502 g/mol. The van der Waals surface area contributed by atoms with E-state index in [-0.39, 0.29) is 29.5 Å². The van der Waals surface area contributed by atoms with Crippen molar-refractivity contribution >= 4 is 29.9 Å². The summed E-state index contributed by atoms with van der Waals surface area (Å²) in [5.41, 5.74) is 1.32. The lowest BCUT2D eigenvalue weighted by Crippen LogP contribution is -2.52. The summed E-state index contributed by atoms with van der Waals surface area (Å²) in [6.07, 6.45) is 1.03. The van der Waals surface area contributed by atoms with Gasteiger partial charge in [-0.2, -0.15) is 0 Å². The zero-order valence-electron chi connectivity index (χ0n) is 17.4. The summed E-state index contributed by atoms with van der Waals surface area (Å²) in [6, 6.07) is 8.36. The van der Waals surface area contributed by atoms with Gasteiger partial charge in [-0.25, -0.2) is 0 Å². The van der Waals surface area contributed by atoms with Crippen molar-refractivity contribution in [3.05, 3.63) is 29.8 Å². The number of halogens is 1. The van der Waals surface area contributed by atoms with E-state index in [0.29, 0.717) is 5.92 Å². The molecule has 2 N–H and O–H groups in total. The number of hydrogen-bond donors (Lipinski definition) is 2. The third-order valence-corrected chi connectivity index (χ3v) is 5.43. The largest absolute Gasteiger partial charge is 0.493 e. The molecule has 2 aliphatic rings. The van der Waals surface area contributed by atoms with Crippen LogP contribution in [0.4, 0.5) is 0 Å². The number of ether oxygens (including phenoxy) is 2. The van der Waals surface area contributed by atoms with Crippen LogP contribution in [-0.2, 0) is 4.74 Å². The molecule has 1 unspecified atom stereocenters. The maximum atomic E-state index is 5.78. The van der Waals surface area contributed by atoms with Crippen LogP contribution in [-0.4, -0.2) is 68.9 Å². The van der Waals surface area contributed by atoms with Crippen molar-refractivity contribution in [3.8, 4) is 5.75 Å². The molecule has 28 heavy (non-hydrogen) atoms. The SMILES string of the molecule is CCNC(=NCC(C)(C)N1CCOCC1)NCC1CCOc2ccccc21.I. The van der Waals surface area contributed by atoms with Gasteiger partial charge >= 0.3 is 0 Å². The highest BCUT2D eigenvalue weighted by Gasteiger charge is 2.28. The summed E-state index contributed by atoms with van der Waals surface area (Å²) in [6.45, 7) is 13.5. The summed E-state index contributed by atoms with van der Waals surface area (Å²) in [5, 5.41) is 6.93. The molecule has 158 valence electrons. The maximum absolute atomic E-state index is 5.78. The summed E-state index contributed by atoms with van der Waals surface area (Å²) in [7, 11) is 0. The van der Waals surface area contributed by atoms with E-state index in [4.69, 9.17) is 14.5 Å². The molecule has 2 aliphatic heterocycles. The fourth-order valence-corrected chi connectivity index (χ4v) is 3.73. The molecule has 0 aromatic heterocycles. The first-order valence-electron chi connectivity index (χ1n) is 10.2. The van der Waals surface area contributed by atoms with E-state index in [1.54, 1.807) is 0 Å². The second kappa shape index (κ2) is 11.2. The normalized spacial score (nSPS) is 20.5. The predicted octanol–water partition coefficient (Wildman–Crippen LogP) is 2.84. The van der Waals surface area contributed by atoms with Crippen molar-refractivity contribution < 1.29 is 9.47 Å². The fraction of sp³-hybridized carbons (Fsp3) is 0.667. The quantitative estimate of drug-likeness (QED) is 0.356. The molecule has 0 saturated carbocycles. The van der Waals surface area contributed by atoms with Gasteiger partial charge in [-0.15, -0.1) is 24.0 Å². The second-order valence-corrected chi connectivity index (χ2v) is 7.86. The minimum absolute atomic E-state index is 0. The van der Waals surface area contributed by atoms with E-state index in [1.165, 1.54) is 5.56 Å². The fourth-order valence-electron chi connectivity index (χ4n) is 3.73. The third-order valence-electron chi connectivity index (χ3n) is 5.43. The molecule has 0 bridgehead atoms. The average Bonchev–Trinajstić information content (AvgIpc) is 2.71. The summed E-state index contributed by atoms with van der Waals surface area (Å²) in [4.78, 5) is 7.35. The highest BCUT2D eigenvalue weighted by Crippen LogP contribution is 2.32. The van der Waals surface area contributed by atoms with Crippen LogP contribution in [0.2, 0.25) is 0 Å². The van der Waals surface area contributed by atoms with Crippen LogP contribution in [0, 0.1) is 0 Å². The van der Waals surface area contributed by atoms with Crippen LogP contribution in [0.25, 0.3) is 0 Å². The third kappa shape index (κ3) is 6.22. The standard InChI is InChI=1S/C21H34N4O2.HI/c1-4-22-20(24-16-21(2,3)25-10-13-26-14-11-25)23-15-17-9-12-27-19-8-6-5-7-18(17)19;/h5-8,17H,4,9-16H2,1-3H3,(H2,22,23,24);1H. The van der Waals surface area contributed by atoms with E-state index in [9.17, 15) is 0 Å². The van der Waals surface area contributed by atoms with E-state index < -0.39 is 0 Å². The number of nitrogens with zero attached hydrogens (tertiary/aromatic N) is 2. The van der Waals surface area contributed by atoms with Gasteiger partial charge in [0.25, 0.3) is 0 Å². The molecule has 1 aromatic rings. The molecule has 0 aliphatic carbocycles. The van der Waals surface area contributed by atoms with Gasteiger partial charge < -0.3 is 20.1 Å². The van der Waals surface area contributed by atoms with E-state index in [1.807, 2.05) is 6.07 Å². The van der Waals surface area contributed by atoms with Crippen molar-refractivity contribution in [1.29, 1.82) is 0 Å². The van der Waals surface area contributed by atoms with Crippen LogP contribution in [0.3, 0.4) is 0 Å². The average molecular weight is 502 g/mol. The zero-order valence-corrected chi connectivity index (χ0v) is 19.7. The van der Waals surface area contributed by atoms with Crippen LogP contribution in [0.5, 0.6) is 5.75 Å². The Labute approximate surface area is 186 Å². The van der Waals surface area contributed by atoms with Crippen molar-refractivity contribution in [2.75, 3.05) is 52.5 Å². The molecule has 3 rings (SSSR count). The Kier molecular flexibility index (Phi) is 9.30. The minimum atomic E-state index is 0. The summed E-state index contributed by atoms with van der Waals surface area (Å²) in [5.74, 6) is 2.36. The highest BCUT2D eigenvalue weighted by molar-refractivity contribution is 14.0. The molecular formula is C21H35IN4O2. The lowest BCUT2D eigenvalue weighted by Gasteiger charge is -2.40. The number of aliphatic imine (C=N–C) groups is 1. The Balaban J connectivity index is 0.00000280. The van der Waals surface area contributed by atoms with Crippen LogP contribution < -0.4 is 15.4 Å². The maximum Gasteiger partial charge on any atom is 0.191 e. The zero-order chi connectivity index (χ0) is 19.1. The van der Waals surface area contributed by atoms with E-state index >= 15 is 0 Å². The van der Waals surface area contributed by atoms with E-state index in [0.717, 1.165) is 70.7 Å². The smallest absolute Gasteiger partial charge is 0.191 e. The molecule has 1 saturated heterocycles. The minimum Gasteiger partial charge on any atom is -0.493 e. The van der Waals surface area contributed by atoms with Gasteiger partial charge in [-0.05, 0) is 38.8 Å². The van der Waals surface area contributed by atoms with Gasteiger partial charge in [0.05, 0.1) is 26.4 Å². The molecular weight excluding hydrogens is 467 g/mol. The molecule has 1 aromatic carbocycles. The predicted molar refractivity (Wildman–Crippen MR) is 125 cm³/mol. The van der Waals surface area contributed by atoms with Gasteiger partial charge in [-0.3, -0.25) is 9.89 Å². The summed E-state index contributed by atoms with van der Waals surface area (Å²) < 4.78 is 11.3. The van der Waals surface area contributed by atoms with Gasteiger partial charge in [0.2, 0.25) is 0 Å². The number of morpholine rings is 1. The Hall–Kier alpha value is -1.06. The van der Waals surface area contributed by atoms with Gasteiger partial charge in [0.15, 0.2) is 5.96 Å². The molecule has 2 heterocycles. The lowest BCUT2D eigenvalue weighted by atomic mass is 9.93. The molecule has 1 atom stereocenters. The summed E-state index contributed by atoms with van der Waals surface area (Å²) >= 11 is 0. The molecule has 1 fully saturated rings. The van der Waals surface area contributed by atoms with Crippen molar-refractivity contribution in [2.45, 2.75) is 38.6 Å². The topological polar surface area (TPSA) is 58.1 Å². The number of benzene rings is 1. The Morgan fingerprint density at radius 3 is 2.68 bits per heavy atom. The van der Waals surface area contributed by atoms with Gasteiger partial charge in [0.1, 0.15) is 5.75 Å². The van der Waals surface area contributed by atoms with Crippen molar-refractivity contribution in [1.82, 2.24) is 15.5 Å². The van der Waals surface area contributed by atoms with Crippen LogP contribution >= 0.6 is 24.0 Å². The van der Waals surface area contributed by atoms with Crippen LogP contribution in [0.1, 0.15) is 38.7 Å². The molecule has 6 nitrogen and oxygen atoms in total. The van der Waals surface area contributed by atoms with Crippen LogP contribution in [0.15, 0.2) is 29.3 Å². The number of nitrogens with one attached hydrogen (secondary N) is 2. The van der Waals surface area contributed by atoms with Crippen molar-refractivity contribution in [2.24, 2.45) is 4.99 Å². The first-order valence-corrected chi connectivity index (χ1v) is 10.2. The number of rotatable bonds is 6. The number of hydrogen-bond acceptors (Lipinski definition) is 4. The number of guanidine groups is 1. The van der Waals surface area contributed by atoms with Gasteiger partial charge in [-0.1, -0.05) is 18.2 Å². The first-order chi connectivity index (χ1) is 13.1. The Morgan fingerprint density at radius 2 is 1.93 bits per heavy atom. The lowest BCUT2D eigenvalue weighted by molar-refractivity contribution is -0.00683. The van der Waals surface area contributed by atoms with Crippen molar-refractivity contribution in [3.63, 3.8) is 0 Å². The Bertz CT molecular complexity index is 633. The molecule has 7 heteroatoms. The second-order valence-electron chi connectivity index (χ2n) is 7.86. The molecule has 0 radical (unpaired) electrons.